The molecule has 3 atom stereocenters. The highest BCUT2D eigenvalue weighted by atomic mass is 16.5. The predicted octanol–water partition coefficient (Wildman–Crippen LogP) is 5.23. The first-order chi connectivity index (χ1) is 11.2. The van der Waals surface area contributed by atoms with Gasteiger partial charge in [0.1, 0.15) is 0 Å². The van der Waals surface area contributed by atoms with E-state index in [2.05, 4.69) is 49.9 Å². The summed E-state index contributed by atoms with van der Waals surface area (Å²) in [6, 6.07) is 9.29. The van der Waals surface area contributed by atoms with E-state index in [0.29, 0.717) is 12.0 Å². The van der Waals surface area contributed by atoms with E-state index < -0.39 is 0 Å². The van der Waals surface area contributed by atoms with Gasteiger partial charge in [-0.05, 0) is 61.1 Å². The molecular weight excluding hydrogens is 282 g/mol. The molecule has 1 heterocycles. The number of anilines is 1. The van der Waals surface area contributed by atoms with Crippen molar-refractivity contribution in [2.45, 2.75) is 64.9 Å². The largest absolute Gasteiger partial charge is 0.378 e. The van der Waals surface area contributed by atoms with Crippen LogP contribution >= 0.6 is 0 Å². The van der Waals surface area contributed by atoms with E-state index in [1.807, 2.05) is 0 Å². The SMILES string of the molecule is CCC(C)CN(CC1CC1)c1cccc(C(C)CC2CCO2)c1. The van der Waals surface area contributed by atoms with Crippen LogP contribution in [0.15, 0.2) is 24.3 Å². The summed E-state index contributed by atoms with van der Waals surface area (Å²) in [5, 5.41) is 0. The molecule has 1 saturated heterocycles. The zero-order chi connectivity index (χ0) is 16.2. The maximum absolute atomic E-state index is 5.62. The Hall–Kier alpha value is -1.02. The van der Waals surface area contributed by atoms with Crippen molar-refractivity contribution < 1.29 is 4.74 Å². The van der Waals surface area contributed by atoms with Gasteiger partial charge in [-0.25, -0.2) is 0 Å². The topological polar surface area (TPSA) is 12.5 Å². The fourth-order valence-electron chi connectivity index (χ4n) is 3.43. The van der Waals surface area contributed by atoms with Crippen molar-refractivity contribution >= 4 is 5.69 Å². The molecule has 0 amide bonds. The highest BCUT2D eigenvalue weighted by Crippen LogP contribution is 2.33. The summed E-state index contributed by atoms with van der Waals surface area (Å²) in [4.78, 5) is 2.64. The molecule has 2 nitrogen and oxygen atoms in total. The molecule has 2 heteroatoms. The Morgan fingerprint density at radius 3 is 2.61 bits per heavy atom. The Morgan fingerprint density at radius 1 is 1.22 bits per heavy atom. The molecule has 1 aromatic rings. The lowest BCUT2D eigenvalue weighted by atomic mass is 9.92. The molecule has 0 bridgehead atoms. The fourth-order valence-corrected chi connectivity index (χ4v) is 3.43. The zero-order valence-corrected chi connectivity index (χ0v) is 15.1. The van der Waals surface area contributed by atoms with Gasteiger partial charge in [-0.1, -0.05) is 39.3 Å². The summed E-state index contributed by atoms with van der Waals surface area (Å²) in [5.74, 6) is 2.29. The first-order valence-electron chi connectivity index (χ1n) is 9.62. The second kappa shape index (κ2) is 7.70. The monoisotopic (exact) mass is 315 g/mol. The maximum atomic E-state index is 5.62. The quantitative estimate of drug-likeness (QED) is 0.618. The van der Waals surface area contributed by atoms with Crippen LogP contribution in [0.4, 0.5) is 5.69 Å². The van der Waals surface area contributed by atoms with Crippen LogP contribution in [0, 0.1) is 11.8 Å². The first kappa shape index (κ1) is 16.8. The van der Waals surface area contributed by atoms with E-state index in [4.69, 9.17) is 4.74 Å². The fraction of sp³-hybridized carbons (Fsp3) is 0.714. The van der Waals surface area contributed by atoms with Gasteiger partial charge in [-0.3, -0.25) is 0 Å². The van der Waals surface area contributed by atoms with Crippen LogP contribution in [0.1, 0.15) is 64.4 Å². The van der Waals surface area contributed by atoms with Crippen LogP contribution < -0.4 is 4.90 Å². The van der Waals surface area contributed by atoms with Gasteiger partial charge in [0, 0.05) is 25.4 Å². The van der Waals surface area contributed by atoms with Crippen LogP contribution in [0.25, 0.3) is 0 Å². The van der Waals surface area contributed by atoms with Crippen molar-refractivity contribution in [1.29, 1.82) is 0 Å². The Morgan fingerprint density at radius 2 is 2.00 bits per heavy atom. The number of nitrogens with zero attached hydrogens (tertiary/aromatic N) is 1. The molecule has 1 saturated carbocycles. The summed E-state index contributed by atoms with van der Waals surface area (Å²) in [6.07, 6.45) is 7.01. The van der Waals surface area contributed by atoms with Crippen LogP contribution in [-0.4, -0.2) is 25.8 Å². The van der Waals surface area contributed by atoms with E-state index in [9.17, 15) is 0 Å². The van der Waals surface area contributed by atoms with Crippen molar-refractivity contribution in [1.82, 2.24) is 0 Å². The lowest BCUT2D eigenvalue weighted by Gasteiger charge is -2.30. The Kier molecular flexibility index (Phi) is 5.63. The van der Waals surface area contributed by atoms with Crippen molar-refractivity contribution in [2.75, 3.05) is 24.6 Å². The third-order valence-corrected chi connectivity index (χ3v) is 5.62. The van der Waals surface area contributed by atoms with Crippen LogP contribution in [0.5, 0.6) is 0 Å². The molecule has 0 radical (unpaired) electrons. The number of ether oxygens (including phenoxy) is 1. The van der Waals surface area contributed by atoms with Gasteiger partial charge < -0.3 is 9.64 Å². The summed E-state index contributed by atoms with van der Waals surface area (Å²) < 4.78 is 5.62. The smallest absolute Gasteiger partial charge is 0.0602 e. The molecule has 2 aliphatic rings. The van der Waals surface area contributed by atoms with Crippen LogP contribution in [0.3, 0.4) is 0 Å². The van der Waals surface area contributed by atoms with Crippen molar-refractivity contribution in [2.24, 2.45) is 11.8 Å². The van der Waals surface area contributed by atoms with E-state index in [0.717, 1.165) is 24.9 Å². The van der Waals surface area contributed by atoms with Crippen LogP contribution in [-0.2, 0) is 4.74 Å². The van der Waals surface area contributed by atoms with Gasteiger partial charge in [-0.15, -0.1) is 0 Å². The van der Waals surface area contributed by atoms with E-state index in [-0.39, 0.29) is 0 Å². The van der Waals surface area contributed by atoms with Gasteiger partial charge in [-0.2, -0.15) is 0 Å². The summed E-state index contributed by atoms with van der Waals surface area (Å²) in [5.41, 5.74) is 2.90. The molecule has 3 unspecified atom stereocenters. The van der Waals surface area contributed by atoms with Crippen LogP contribution in [0.2, 0.25) is 0 Å². The molecule has 1 aromatic carbocycles. The molecule has 0 aromatic heterocycles. The Balaban J connectivity index is 1.68. The lowest BCUT2D eigenvalue weighted by molar-refractivity contribution is -0.0573. The Bertz CT molecular complexity index is 492. The second-order valence-electron chi connectivity index (χ2n) is 7.87. The van der Waals surface area contributed by atoms with Gasteiger partial charge in [0.05, 0.1) is 6.10 Å². The molecule has 0 spiro atoms. The number of hydrogen-bond acceptors (Lipinski definition) is 2. The van der Waals surface area contributed by atoms with E-state index in [1.165, 1.54) is 50.0 Å². The molecular formula is C21H33NO. The first-order valence-corrected chi connectivity index (χ1v) is 9.62. The van der Waals surface area contributed by atoms with Crippen molar-refractivity contribution in [3.63, 3.8) is 0 Å². The minimum atomic E-state index is 0.497. The minimum absolute atomic E-state index is 0.497. The minimum Gasteiger partial charge on any atom is -0.378 e. The van der Waals surface area contributed by atoms with Crippen molar-refractivity contribution in [3.8, 4) is 0 Å². The molecule has 128 valence electrons. The molecule has 3 rings (SSSR count). The average molecular weight is 316 g/mol. The maximum Gasteiger partial charge on any atom is 0.0602 e. The number of benzene rings is 1. The lowest BCUT2D eigenvalue weighted by Crippen LogP contribution is -2.30. The summed E-state index contributed by atoms with van der Waals surface area (Å²) in [7, 11) is 0. The van der Waals surface area contributed by atoms with E-state index >= 15 is 0 Å². The Labute approximate surface area is 142 Å². The van der Waals surface area contributed by atoms with Gasteiger partial charge in [0.15, 0.2) is 0 Å². The third kappa shape index (κ3) is 4.73. The molecule has 1 aliphatic carbocycles. The summed E-state index contributed by atoms with van der Waals surface area (Å²) >= 11 is 0. The summed E-state index contributed by atoms with van der Waals surface area (Å²) in [6.45, 7) is 10.4. The second-order valence-corrected chi connectivity index (χ2v) is 7.87. The van der Waals surface area contributed by atoms with Gasteiger partial charge in [0.2, 0.25) is 0 Å². The van der Waals surface area contributed by atoms with Crippen molar-refractivity contribution in [3.05, 3.63) is 29.8 Å². The highest BCUT2D eigenvalue weighted by Gasteiger charge is 2.26. The normalized spacial score (nSPS) is 23.2. The van der Waals surface area contributed by atoms with E-state index in [1.54, 1.807) is 0 Å². The standard InChI is InChI=1S/C21H33NO/c1-4-16(2)14-22(15-18-8-9-18)20-7-5-6-19(13-20)17(3)12-21-10-11-23-21/h5-7,13,16-18,21H,4,8-12,14-15H2,1-3H3. The highest BCUT2D eigenvalue weighted by molar-refractivity contribution is 5.49. The molecule has 0 N–H and O–H groups in total. The van der Waals surface area contributed by atoms with Gasteiger partial charge >= 0.3 is 0 Å². The third-order valence-electron chi connectivity index (χ3n) is 5.62. The number of rotatable bonds is 9. The zero-order valence-electron chi connectivity index (χ0n) is 15.1. The molecule has 2 fully saturated rings. The van der Waals surface area contributed by atoms with Gasteiger partial charge in [0.25, 0.3) is 0 Å². The predicted molar refractivity (Wildman–Crippen MR) is 98.2 cm³/mol. The number of hydrogen-bond donors (Lipinski definition) is 0. The molecule has 1 aliphatic heterocycles. The average Bonchev–Trinajstić information content (AvgIpc) is 3.34. The molecule has 23 heavy (non-hydrogen) atoms.